The predicted molar refractivity (Wildman–Crippen MR) is 106 cm³/mol. The molecule has 0 fully saturated rings. The van der Waals surface area contributed by atoms with Gasteiger partial charge in [0.2, 0.25) is 0 Å². The fourth-order valence-corrected chi connectivity index (χ4v) is 3.69. The molecule has 1 N–H and O–H groups in total. The highest BCUT2D eigenvalue weighted by Crippen LogP contribution is 2.17. The van der Waals surface area contributed by atoms with E-state index in [4.69, 9.17) is 0 Å². The van der Waals surface area contributed by atoms with Crippen LogP contribution in [0.4, 0.5) is 4.79 Å². The van der Waals surface area contributed by atoms with Gasteiger partial charge in [0, 0.05) is 25.0 Å². The van der Waals surface area contributed by atoms with Crippen LogP contribution in [-0.2, 0) is 19.6 Å². The second kappa shape index (κ2) is 9.59. The minimum Gasteiger partial charge on any atom is -0.334 e. The zero-order valence-corrected chi connectivity index (χ0v) is 16.5. The van der Waals surface area contributed by atoms with Gasteiger partial charge in [-0.3, -0.25) is 4.90 Å². The van der Waals surface area contributed by atoms with Crippen molar-refractivity contribution in [2.45, 2.75) is 40.4 Å². The fourth-order valence-electron chi connectivity index (χ4n) is 2.73. The first kappa shape index (κ1) is 19.5. The summed E-state index contributed by atoms with van der Waals surface area (Å²) in [5.74, 6) is 0. The van der Waals surface area contributed by atoms with Gasteiger partial charge in [-0.05, 0) is 48.2 Å². The van der Waals surface area contributed by atoms with Crippen LogP contribution in [-0.4, -0.2) is 36.0 Å². The Morgan fingerprint density at radius 2 is 1.76 bits per heavy atom. The maximum Gasteiger partial charge on any atom is 0.317 e. The van der Waals surface area contributed by atoms with E-state index in [2.05, 4.69) is 60.6 Å². The molecule has 0 aliphatic heterocycles. The van der Waals surface area contributed by atoms with Gasteiger partial charge in [-0.15, -0.1) is 11.3 Å². The topological polar surface area (TPSA) is 35.6 Å². The number of thiophene rings is 1. The second-order valence-corrected chi connectivity index (χ2v) is 7.27. The van der Waals surface area contributed by atoms with E-state index in [1.54, 1.807) is 16.2 Å². The number of rotatable bonds is 8. The molecule has 25 heavy (non-hydrogen) atoms. The lowest BCUT2D eigenvalue weighted by Gasteiger charge is -2.21. The molecule has 2 aromatic rings. The molecule has 0 atom stereocenters. The van der Waals surface area contributed by atoms with Crippen molar-refractivity contribution in [3.63, 3.8) is 0 Å². The smallest absolute Gasteiger partial charge is 0.317 e. The first-order valence-corrected chi connectivity index (χ1v) is 9.74. The molecule has 0 saturated heterocycles. The van der Waals surface area contributed by atoms with Crippen LogP contribution in [0.1, 0.15) is 35.4 Å². The van der Waals surface area contributed by atoms with Crippen LogP contribution in [0.5, 0.6) is 0 Å². The van der Waals surface area contributed by atoms with Crippen molar-refractivity contribution in [3.8, 4) is 0 Å². The number of aryl methyl sites for hydroxylation is 1. The average molecular weight is 360 g/mol. The summed E-state index contributed by atoms with van der Waals surface area (Å²) in [7, 11) is 1.84. The van der Waals surface area contributed by atoms with E-state index < -0.39 is 0 Å². The summed E-state index contributed by atoms with van der Waals surface area (Å²) in [5, 5.41) is 5.12. The molecular weight excluding hydrogens is 330 g/mol. The molecule has 2 rings (SSSR count). The standard InChI is InChI=1S/C20H29N3OS/c1-5-23(6-2)14-18-10-8-7-9-17(18)13-21-20(24)22(4)15-19-16(3)11-12-25-19/h7-12H,5-6,13-15H2,1-4H3,(H,21,24). The zero-order chi connectivity index (χ0) is 18.2. The van der Waals surface area contributed by atoms with Crippen LogP contribution >= 0.6 is 11.3 Å². The molecule has 2 amide bonds. The molecule has 0 unspecified atom stereocenters. The molecule has 0 radical (unpaired) electrons. The van der Waals surface area contributed by atoms with Gasteiger partial charge in [-0.25, -0.2) is 4.79 Å². The first-order chi connectivity index (χ1) is 12.0. The Labute approximate surface area is 155 Å². The fraction of sp³-hybridized carbons (Fsp3) is 0.450. The van der Waals surface area contributed by atoms with Crippen LogP contribution < -0.4 is 5.32 Å². The third-order valence-corrected chi connectivity index (χ3v) is 5.54. The predicted octanol–water partition coefficient (Wildman–Crippen LogP) is 4.24. The van der Waals surface area contributed by atoms with Crippen molar-refractivity contribution in [1.29, 1.82) is 0 Å². The number of hydrogen-bond acceptors (Lipinski definition) is 3. The van der Waals surface area contributed by atoms with Crippen molar-refractivity contribution in [3.05, 3.63) is 57.3 Å². The maximum absolute atomic E-state index is 12.4. The summed E-state index contributed by atoms with van der Waals surface area (Å²) in [4.78, 5) is 17.8. The van der Waals surface area contributed by atoms with E-state index in [-0.39, 0.29) is 6.03 Å². The number of carbonyl (C=O) groups excluding carboxylic acids is 1. The lowest BCUT2D eigenvalue weighted by molar-refractivity contribution is 0.206. The summed E-state index contributed by atoms with van der Waals surface area (Å²) in [6, 6.07) is 10.4. The number of hydrogen-bond donors (Lipinski definition) is 1. The quantitative estimate of drug-likeness (QED) is 0.765. The Morgan fingerprint density at radius 1 is 1.08 bits per heavy atom. The van der Waals surface area contributed by atoms with Gasteiger partial charge in [0.05, 0.1) is 6.54 Å². The largest absolute Gasteiger partial charge is 0.334 e. The highest BCUT2D eigenvalue weighted by molar-refractivity contribution is 7.10. The van der Waals surface area contributed by atoms with Gasteiger partial charge in [0.25, 0.3) is 0 Å². The molecule has 0 saturated carbocycles. The summed E-state index contributed by atoms with van der Waals surface area (Å²) >= 11 is 1.70. The summed E-state index contributed by atoms with van der Waals surface area (Å²) < 4.78 is 0. The molecular formula is C20H29N3OS. The number of benzene rings is 1. The number of amides is 2. The highest BCUT2D eigenvalue weighted by Gasteiger charge is 2.12. The normalized spacial score (nSPS) is 10.9. The van der Waals surface area contributed by atoms with Crippen molar-refractivity contribution < 1.29 is 4.79 Å². The molecule has 0 bridgehead atoms. The Bertz CT molecular complexity index is 679. The summed E-state index contributed by atoms with van der Waals surface area (Å²) in [5.41, 5.74) is 3.71. The molecule has 1 aromatic heterocycles. The van der Waals surface area contributed by atoms with Crippen molar-refractivity contribution in [2.24, 2.45) is 0 Å². The maximum atomic E-state index is 12.4. The molecule has 1 heterocycles. The van der Waals surface area contributed by atoms with Crippen LogP contribution in [0.2, 0.25) is 0 Å². The SMILES string of the molecule is CCN(CC)Cc1ccccc1CNC(=O)N(C)Cc1sccc1C. The molecule has 0 spiro atoms. The zero-order valence-electron chi connectivity index (χ0n) is 15.7. The Balaban J connectivity index is 1.94. The monoisotopic (exact) mass is 359 g/mol. The van der Waals surface area contributed by atoms with E-state index in [9.17, 15) is 4.79 Å². The Kier molecular flexibility index (Phi) is 7.47. The molecule has 136 valence electrons. The minimum atomic E-state index is -0.0366. The van der Waals surface area contributed by atoms with Crippen molar-refractivity contribution in [1.82, 2.24) is 15.1 Å². The van der Waals surface area contributed by atoms with Crippen LogP contribution in [0.15, 0.2) is 35.7 Å². The number of urea groups is 1. The van der Waals surface area contributed by atoms with Gasteiger partial charge in [0.1, 0.15) is 0 Å². The number of carbonyl (C=O) groups is 1. The van der Waals surface area contributed by atoms with Gasteiger partial charge in [0.15, 0.2) is 0 Å². The third-order valence-electron chi connectivity index (χ3n) is 4.53. The first-order valence-electron chi connectivity index (χ1n) is 8.86. The lowest BCUT2D eigenvalue weighted by Crippen LogP contribution is -2.36. The second-order valence-electron chi connectivity index (χ2n) is 6.27. The summed E-state index contributed by atoms with van der Waals surface area (Å²) in [6.45, 7) is 10.6. The molecule has 1 aromatic carbocycles. The summed E-state index contributed by atoms with van der Waals surface area (Å²) in [6.07, 6.45) is 0. The van der Waals surface area contributed by atoms with Crippen LogP contribution in [0.3, 0.4) is 0 Å². The van der Waals surface area contributed by atoms with E-state index >= 15 is 0 Å². The third kappa shape index (κ3) is 5.58. The van der Waals surface area contributed by atoms with E-state index in [0.29, 0.717) is 13.1 Å². The molecule has 5 heteroatoms. The minimum absolute atomic E-state index is 0.0366. The van der Waals surface area contributed by atoms with Crippen LogP contribution in [0, 0.1) is 6.92 Å². The van der Waals surface area contributed by atoms with E-state index in [0.717, 1.165) is 19.6 Å². The Hall–Kier alpha value is -1.85. The van der Waals surface area contributed by atoms with Gasteiger partial charge in [-0.1, -0.05) is 38.1 Å². The van der Waals surface area contributed by atoms with Crippen molar-refractivity contribution in [2.75, 3.05) is 20.1 Å². The molecule has 0 aliphatic rings. The Morgan fingerprint density at radius 3 is 2.36 bits per heavy atom. The van der Waals surface area contributed by atoms with Gasteiger partial charge < -0.3 is 10.2 Å². The molecule has 4 nitrogen and oxygen atoms in total. The number of nitrogens with zero attached hydrogens (tertiary/aromatic N) is 2. The highest BCUT2D eigenvalue weighted by atomic mass is 32.1. The van der Waals surface area contributed by atoms with E-state index in [1.807, 2.05) is 13.1 Å². The van der Waals surface area contributed by atoms with Gasteiger partial charge >= 0.3 is 6.03 Å². The average Bonchev–Trinajstić information content (AvgIpc) is 3.03. The lowest BCUT2D eigenvalue weighted by atomic mass is 10.1. The molecule has 0 aliphatic carbocycles. The van der Waals surface area contributed by atoms with Crippen LogP contribution in [0.25, 0.3) is 0 Å². The van der Waals surface area contributed by atoms with E-state index in [1.165, 1.54) is 21.6 Å². The van der Waals surface area contributed by atoms with Gasteiger partial charge in [-0.2, -0.15) is 0 Å². The van der Waals surface area contributed by atoms with Crippen molar-refractivity contribution >= 4 is 17.4 Å². The number of nitrogens with one attached hydrogen (secondary N) is 1.